The fraction of sp³-hybridized carbons (Fsp3) is 0.556. The minimum Gasteiger partial charge on any atom is -0.342 e. The van der Waals surface area contributed by atoms with E-state index in [0.29, 0.717) is 11.8 Å². The zero-order chi connectivity index (χ0) is 16.8. The molecule has 1 aliphatic carbocycles. The van der Waals surface area contributed by atoms with E-state index in [1.807, 2.05) is 36.2 Å². The monoisotopic (exact) mass is 334 g/mol. The molecule has 0 unspecified atom stereocenters. The average Bonchev–Trinajstić information content (AvgIpc) is 2.53. The summed E-state index contributed by atoms with van der Waals surface area (Å²) in [4.78, 5) is 26.3. The second-order valence-electron chi connectivity index (χ2n) is 6.41. The summed E-state index contributed by atoms with van der Waals surface area (Å²) >= 11 is 1.55. The van der Waals surface area contributed by atoms with Gasteiger partial charge < -0.3 is 10.2 Å². The number of thioether (sulfide) groups is 1. The van der Waals surface area contributed by atoms with Crippen LogP contribution in [0, 0.1) is 5.92 Å². The molecular formula is C18H26N2O2S. The van der Waals surface area contributed by atoms with Gasteiger partial charge in [0.25, 0.3) is 0 Å². The van der Waals surface area contributed by atoms with E-state index in [-0.39, 0.29) is 11.8 Å². The van der Waals surface area contributed by atoms with Crippen molar-refractivity contribution in [3.05, 3.63) is 24.3 Å². The van der Waals surface area contributed by atoms with Crippen LogP contribution in [0.15, 0.2) is 29.2 Å². The molecule has 0 saturated heterocycles. The number of rotatable bonds is 5. The van der Waals surface area contributed by atoms with Crippen LogP contribution in [0.1, 0.15) is 39.5 Å². The number of anilines is 1. The Morgan fingerprint density at radius 2 is 1.78 bits per heavy atom. The Bertz CT molecular complexity index is 536. The predicted octanol–water partition coefficient (Wildman–Crippen LogP) is 3.77. The Kier molecular flexibility index (Phi) is 6.51. The zero-order valence-corrected chi connectivity index (χ0v) is 15.0. The molecule has 0 radical (unpaired) electrons. The molecule has 1 aromatic carbocycles. The maximum absolute atomic E-state index is 12.4. The molecule has 23 heavy (non-hydrogen) atoms. The molecular weight excluding hydrogens is 308 g/mol. The summed E-state index contributed by atoms with van der Waals surface area (Å²) in [6, 6.07) is 8.00. The van der Waals surface area contributed by atoms with E-state index in [9.17, 15) is 9.59 Å². The normalized spacial score (nSPS) is 20.8. The Morgan fingerprint density at radius 1 is 1.17 bits per heavy atom. The smallest absolute Gasteiger partial charge is 0.232 e. The van der Waals surface area contributed by atoms with Crippen LogP contribution in [-0.4, -0.2) is 35.6 Å². The highest BCUT2D eigenvalue weighted by molar-refractivity contribution is 8.00. The molecule has 2 amide bonds. The Labute approximate surface area is 143 Å². The van der Waals surface area contributed by atoms with Gasteiger partial charge in [0.05, 0.1) is 5.75 Å². The zero-order valence-electron chi connectivity index (χ0n) is 14.2. The van der Waals surface area contributed by atoms with E-state index in [1.165, 1.54) is 19.8 Å². The number of carbonyl (C=O) groups is 2. The number of amides is 2. The first-order valence-corrected chi connectivity index (χ1v) is 9.20. The molecule has 0 bridgehead atoms. The Morgan fingerprint density at radius 3 is 2.35 bits per heavy atom. The van der Waals surface area contributed by atoms with Crippen molar-refractivity contribution in [2.75, 3.05) is 18.1 Å². The molecule has 1 aliphatic rings. The molecule has 1 saturated carbocycles. The molecule has 0 atom stereocenters. The Balaban J connectivity index is 1.80. The predicted molar refractivity (Wildman–Crippen MR) is 95.7 cm³/mol. The van der Waals surface area contributed by atoms with Crippen LogP contribution in [-0.2, 0) is 9.59 Å². The number of carbonyl (C=O) groups excluding carboxylic acids is 2. The van der Waals surface area contributed by atoms with E-state index in [4.69, 9.17) is 0 Å². The van der Waals surface area contributed by atoms with Crippen LogP contribution in [0.25, 0.3) is 0 Å². The first-order valence-electron chi connectivity index (χ1n) is 8.22. The number of benzene rings is 1. The number of nitrogens with zero attached hydrogens (tertiary/aromatic N) is 1. The van der Waals surface area contributed by atoms with Gasteiger partial charge in [-0.3, -0.25) is 9.59 Å². The van der Waals surface area contributed by atoms with E-state index >= 15 is 0 Å². The van der Waals surface area contributed by atoms with Crippen LogP contribution < -0.4 is 5.32 Å². The topological polar surface area (TPSA) is 49.4 Å². The van der Waals surface area contributed by atoms with Crippen LogP contribution in [0.5, 0.6) is 0 Å². The highest BCUT2D eigenvalue weighted by Gasteiger charge is 2.24. The van der Waals surface area contributed by atoms with Crippen molar-refractivity contribution in [2.45, 2.75) is 50.5 Å². The van der Waals surface area contributed by atoms with Gasteiger partial charge in [-0.25, -0.2) is 0 Å². The highest BCUT2D eigenvalue weighted by atomic mass is 32.2. The first-order chi connectivity index (χ1) is 11.0. The lowest BCUT2D eigenvalue weighted by molar-refractivity contribution is -0.129. The van der Waals surface area contributed by atoms with Crippen molar-refractivity contribution >= 4 is 29.3 Å². The second-order valence-corrected chi connectivity index (χ2v) is 7.46. The summed E-state index contributed by atoms with van der Waals surface area (Å²) in [5.41, 5.74) is 0.779. The number of nitrogens with one attached hydrogen (secondary N) is 1. The van der Waals surface area contributed by atoms with Gasteiger partial charge in [-0.2, -0.15) is 0 Å². The Hall–Kier alpha value is -1.49. The molecule has 0 aromatic heterocycles. The van der Waals surface area contributed by atoms with Gasteiger partial charge in [0.2, 0.25) is 11.8 Å². The average molecular weight is 334 g/mol. The minimum atomic E-state index is -0.0796. The van der Waals surface area contributed by atoms with Crippen molar-refractivity contribution in [1.82, 2.24) is 4.90 Å². The molecule has 1 aromatic rings. The summed E-state index contributed by atoms with van der Waals surface area (Å²) in [6.45, 7) is 3.78. The molecule has 1 N–H and O–H groups in total. The van der Waals surface area contributed by atoms with Crippen molar-refractivity contribution in [3.63, 3.8) is 0 Å². The second kappa shape index (κ2) is 8.39. The molecule has 4 nitrogen and oxygen atoms in total. The maximum Gasteiger partial charge on any atom is 0.232 e. The van der Waals surface area contributed by atoms with Crippen molar-refractivity contribution in [1.29, 1.82) is 0 Å². The standard InChI is InChI=1S/C18H26N2O2S/c1-13-4-8-16(9-5-13)20(3)18(22)12-23-17-10-6-15(7-11-17)19-14(2)21/h6-7,10-11,13,16H,4-5,8-9,12H2,1-3H3,(H,19,21). The number of hydrogen-bond acceptors (Lipinski definition) is 3. The van der Waals surface area contributed by atoms with Gasteiger partial charge in [-0.15, -0.1) is 11.8 Å². The number of hydrogen-bond donors (Lipinski definition) is 1. The molecule has 2 rings (SSSR count). The third-order valence-corrected chi connectivity index (χ3v) is 5.46. The lowest BCUT2D eigenvalue weighted by atomic mass is 9.87. The lowest BCUT2D eigenvalue weighted by Gasteiger charge is -2.33. The maximum atomic E-state index is 12.4. The summed E-state index contributed by atoms with van der Waals surface area (Å²) in [5.74, 6) is 1.37. The molecule has 0 aliphatic heterocycles. The van der Waals surface area contributed by atoms with Gasteiger partial charge >= 0.3 is 0 Å². The van der Waals surface area contributed by atoms with E-state index in [0.717, 1.165) is 29.3 Å². The summed E-state index contributed by atoms with van der Waals surface area (Å²) in [5, 5.41) is 2.74. The van der Waals surface area contributed by atoms with Gasteiger partial charge in [-0.1, -0.05) is 6.92 Å². The van der Waals surface area contributed by atoms with Crippen LogP contribution >= 0.6 is 11.8 Å². The summed E-state index contributed by atoms with van der Waals surface area (Å²) < 4.78 is 0. The molecule has 5 heteroatoms. The fourth-order valence-corrected chi connectivity index (χ4v) is 3.74. The van der Waals surface area contributed by atoms with Crippen molar-refractivity contribution in [2.24, 2.45) is 5.92 Å². The summed E-state index contributed by atoms with van der Waals surface area (Å²) in [7, 11) is 1.93. The molecule has 0 spiro atoms. The van der Waals surface area contributed by atoms with Crippen molar-refractivity contribution < 1.29 is 9.59 Å². The van der Waals surface area contributed by atoms with Crippen LogP contribution in [0.4, 0.5) is 5.69 Å². The van der Waals surface area contributed by atoms with Crippen molar-refractivity contribution in [3.8, 4) is 0 Å². The largest absolute Gasteiger partial charge is 0.342 e. The SMILES string of the molecule is CC(=O)Nc1ccc(SCC(=O)N(C)C2CCC(C)CC2)cc1. The van der Waals surface area contributed by atoms with Gasteiger partial charge in [0, 0.05) is 30.6 Å². The van der Waals surface area contributed by atoms with E-state index in [2.05, 4.69) is 12.2 Å². The van der Waals surface area contributed by atoms with Crippen LogP contribution in [0.2, 0.25) is 0 Å². The third kappa shape index (κ3) is 5.57. The fourth-order valence-electron chi connectivity index (χ4n) is 2.92. The quantitative estimate of drug-likeness (QED) is 0.834. The van der Waals surface area contributed by atoms with E-state index < -0.39 is 0 Å². The molecule has 0 heterocycles. The highest BCUT2D eigenvalue weighted by Crippen LogP contribution is 2.27. The molecule has 1 fully saturated rings. The van der Waals surface area contributed by atoms with Crippen LogP contribution in [0.3, 0.4) is 0 Å². The minimum absolute atomic E-state index is 0.0796. The van der Waals surface area contributed by atoms with E-state index in [1.54, 1.807) is 11.8 Å². The first kappa shape index (κ1) is 17.9. The lowest BCUT2D eigenvalue weighted by Crippen LogP contribution is -2.40. The third-order valence-electron chi connectivity index (χ3n) is 4.46. The van der Waals surface area contributed by atoms with Gasteiger partial charge in [-0.05, 0) is 55.9 Å². The van der Waals surface area contributed by atoms with Gasteiger partial charge in [0.15, 0.2) is 0 Å². The molecule has 126 valence electrons. The van der Waals surface area contributed by atoms with Gasteiger partial charge in [0.1, 0.15) is 0 Å². The summed E-state index contributed by atoms with van der Waals surface area (Å²) in [6.07, 6.45) is 4.69.